The summed E-state index contributed by atoms with van der Waals surface area (Å²) in [5.74, 6) is 0. The second-order valence-corrected chi connectivity index (χ2v) is 4.56. The van der Waals surface area contributed by atoms with E-state index in [9.17, 15) is 13.2 Å². The molecule has 0 saturated carbocycles. The van der Waals surface area contributed by atoms with Crippen LogP contribution in [0.25, 0.3) is 0 Å². The average Bonchev–Trinajstić information content (AvgIpc) is 2.22. The predicted octanol–water partition coefficient (Wildman–Crippen LogP) is -3.87. The fourth-order valence-corrected chi connectivity index (χ4v) is 0.618. The topological polar surface area (TPSA) is 173 Å². The van der Waals surface area contributed by atoms with Crippen LogP contribution >= 0.6 is 0 Å². The molecular formula is C7H16O9S. The van der Waals surface area contributed by atoms with Crippen molar-refractivity contribution in [2.45, 2.75) is 24.4 Å². The van der Waals surface area contributed by atoms with E-state index in [2.05, 4.69) is 0 Å². The molecule has 10 heteroatoms. The maximum Gasteiger partial charge on any atom is 0.261 e. The maximum atomic E-state index is 9.90. The normalized spacial score (nSPS) is 18.3. The highest BCUT2D eigenvalue weighted by Gasteiger charge is 2.29. The molecule has 17 heavy (non-hydrogen) atoms. The first-order chi connectivity index (χ1) is 7.54. The Morgan fingerprint density at radius 1 is 1.12 bits per heavy atom. The quantitative estimate of drug-likeness (QED) is 0.217. The monoisotopic (exact) mass is 276 g/mol. The van der Waals surface area contributed by atoms with Gasteiger partial charge in [0, 0.05) is 0 Å². The molecule has 0 saturated heterocycles. The van der Waals surface area contributed by atoms with Gasteiger partial charge < -0.3 is 30.3 Å². The average molecular weight is 276 g/mol. The third kappa shape index (κ3) is 11.6. The number of carbonyl (C=O) groups is 1. The molecule has 0 fully saturated rings. The lowest BCUT2D eigenvalue weighted by Crippen LogP contribution is -2.46. The van der Waals surface area contributed by atoms with Gasteiger partial charge in [-0.15, -0.1) is 0 Å². The molecule has 6 N–H and O–H groups in total. The van der Waals surface area contributed by atoms with Crippen molar-refractivity contribution in [2.24, 2.45) is 0 Å². The van der Waals surface area contributed by atoms with Crippen LogP contribution in [0.2, 0.25) is 0 Å². The van der Waals surface area contributed by atoms with Crippen molar-refractivity contribution in [1.82, 2.24) is 0 Å². The number of aldehydes is 1. The Kier molecular flexibility index (Phi) is 9.33. The van der Waals surface area contributed by atoms with Crippen molar-refractivity contribution in [3.63, 3.8) is 0 Å². The lowest BCUT2D eigenvalue weighted by molar-refractivity contribution is -0.136. The van der Waals surface area contributed by atoms with Crippen molar-refractivity contribution in [2.75, 3.05) is 12.9 Å². The minimum absolute atomic E-state index is 0.0258. The van der Waals surface area contributed by atoms with E-state index in [1.165, 1.54) is 0 Å². The Morgan fingerprint density at radius 2 is 1.47 bits per heavy atom. The first-order valence-electron chi connectivity index (χ1n) is 4.25. The van der Waals surface area contributed by atoms with E-state index in [0.717, 1.165) is 0 Å². The van der Waals surface area contributed by atoms with E-state index in [0.29, 0.717) is 6.26 Å². The molecule has 0 radical (unpaired) electrons. The summed E-state index contributed by atoms with van der Waals surface area (Å²) in [6, 6.07) is 0. The molecule has 0 rings (SSSR count). The summed E-state index contributed by atoms with van der Waals surface area (Å²) in [6.07, 6.45) is -6.12. The van der Waals surface area contributed by atoms with E-state index >= 15 is 0 Å². The third-order valence-corrected chi connectivity index (χ3v) is 1.42. The fourth-order valence-electron chi connectivity index (χ4n) is 0.618. The highest BCUT2D eigenvalue weighted by atomic mass is 32.2. The zero-order chi connectivity index (χ0) is 14.2. The molecule has 4 atom stereocenters. The molecule has 0 aliphatic heterocycles. The van der Waals surface area contributed by atoms with Crippen molar-refractivity contribution in [1.29, 1.82) is 0 Å². The van der Waals surface area contributed by atoms with Gasteiger partial charge in [0.25, 0.3) is 10.1 Å². The molecular weight excluding hydrogens is 260 g/mol. The Hall–Kier alpha value is -0.620. The van der Waals surface area contributed by atoms with Crippen molar-refractivity contribution >= 4 is 16.4 Å². The van der Waals surface area contributed by atoms with Crippen LogP contribution < -0.4 is 0 Å². The second-order valence-electron chi connectivity index (χ2n) is 3.09. The maximum absolute atomic E-state index is 9.90. The molecule has 0 spiro atoms. The number of hydrogen-bond acceptors (Lipinski definition) is 8. The van der Waals surface area contributed by atoms with Crippen LogP contribution in [-0.2, 0) is 14.9 Å². The van der Waals surface area contributed by atoms with Crippen LogP contribution in [-0.4, -0.2) is 82.1 Å². The third-order valence-electron chi connectivity index (χ3n) is 1.42. The fraction of sp³-hybridized carbons (Fsp3) is 0.857. The number of aliphatic hydroxyl groups is 5. The Balaban J connectivity index is 0. The molecule has 9 nitrogen and oxygen atoms in total. The summed E-state index contributed by atoms with van der Waals surface area (Å²) in [7, 11) is -3.67. The van der Waals surface area contributed by atoms with Gasteiger partial charge in [0.15, 0.2) is 6.29 Å². The summed E-state index contributed by atoms with van der Waals surface area (Å²) in [6.45, 7) is -0.760. The summed E-state index contributed by atoms with van der Waals surface area (Å²) in [5.41, 5.74) is 0. The van der Waals surface area contributed by atoms with Crippen LogP contribution in [0, 0.1) is 0 Å². The van der Waals surface area contributed by atoms with E-state index < -0.39 is 41.1 Å². The van der Waals surface area contributed by atoms with E-state index in [1.807, 2.05) is 0 Å². The van der Waals surface area contributed by atoms with Gasteiger partial charge in [-0.3, -0.25) is 4.55 Å². The highest BCUT2D eigenvalue weighted by molar-refractivity contribution is 7.85. The van der Waals surface area contributed by atoms with Gasteiger partial charge in [0.05, 0.1) is 12.9 Å². The van der Waals surface area contributed by atoms with Gasteiger partial charge in [0.1, 0.15) is 24.4 Å². The summed E-state index contributed by atoms with van der Waals surface area (Å²) >= 11 is 0. The van der Waals surface area contributed by atoms with Gasteiger partial charge >= 0.3 is 0 Å². The van der Waals surface area contributed by atoms with Crippen LogP contribution in [0.5, 0.6) is 0 Å². The van der Waals surface area contributed by atoms with Crippen molar-refractivity contribution in [3.05, 3.63) is 0 Å². The zero-order valence-corrected chi connectivity index (χ0v) is 9.73. The largest absolute Gasteiger partial charge is 0.394 e. The molecule has 0 aliphatic rings. The van der Waals surface area contributed by atoms with Crippen LogP contribution in [0.4, 0.5) is 0 Å². The smallest absolute Gasteiger partial charge is 0.261 e. The van der Waals surface area contributed by atoms with Crippen LogP contribution in [0.1, 0.15) is 0 Å². The molecule has 0 bridgehead atoms. The summed E-state index contributed by atoms with van der Waals surface area (Å²) in [4.78, 5) is 9.90. The molecule has 0 unspecified atom stereocenters. The van der Waals surface area contributed by atoms with Crippen LogP contribution in [0.15, 0.2) is 0 Å². The SMILES string of the molecule is CS(=O)(=O)O.O=C[C@H](O)[C@@H](O)[C@H](O)[C@H](O)CO. The number of carbonyl (C=O) groups excluding carboxylic acids is 1. The molecule has 0 heterocycles. The first kappa shape index (κ1) is 18.7. The molecule has 0 amide bonds. The van der Waals surface area contributed by atoms with Crippen molar-refractivity contribution < 1.29 is 43.3 Å². The summed E-state index contributed by atoms with van der Waals surface area (Å²) in [5, 5.41) is 43.5. The van der Waals surface area contributed by atoms with Gasteiger partial charge in [-0.1, -0.05) is 0 Å². The van der Waals surface area contributed by atoms with Gasteiger partial charge in [-0.05, 0) is 0 Å². The minimum Gasteiger partial charge on any atom is -0.394 e. The standard InChI is InChI=1S/C6H12O6.CH4O3S/c7-1-3(9)5(11)6(12)4(10)2-8;1-5(2,3)4/h1,3-6,8-12H,2H2;1H3,(H,2,3,4)/t3-,4+,5+,6+;/m0./s1. The molecule has 104 valence electrons. The zero-order valence-electron chi connectivity index (χ0n) is 8.91. The number of rotatable bonds is 5. The Labute approximate surface area is 97.7 Å². The Morgan fingerprint density at radius 3 is 1.71 bits per heavy atom. The molecule has 0 aliphatic carbocycles. The van der Waals surface area contributed by atoms with Crippen molar-refractivity contribution in [3.8, 4) is 0 Å². The minimum atomic E-state index is -3.67. The molecule has 0 aromatic rings. The lowest BCUT2D eigenvalue weighted by atomic mass is 10.0. The first-order valence-corrected chi connectivity index (χ1v) is 6.10. The Bertz CT molecular complexity index is 292. The number of aliphatic hydroxyl groups excluding tert-OH is 5. The highest BCUT2D eigenvalue weighted by Crippen LogP contribution is 2.02. The predicted molar refractivity (Wildman–Crippen MR) is 54.6 cm³/mol. The van der Waals surface area contributed by atoms with Gasteiger partial charge in [0.2, 0.25) is 0 Å². The summed E-state index contributed by atoms with van der Waals surface area (Å²) < 4.78 is 25.9. The lowest BCUT2D eigenvalue weighted by Gasteiger charge is -2.22. The second kappa shape index (κ2) is 8.47. The molecule has 0 aromatic carbocycles. The number of hydrogen-bond donors (Lipinski definition) is 6. The van der Waals surface area contributed by atoms with Gasteiger partial charge in [-0.2, -0.15) is 8.42 Å². The molecule has 0 aromatic heterocycles. The van der Waals surface area contributed by atoms with E-state index in [-0.39, 0.29) is 6.29 Å². The van der Waals surface area contributed by atoms with Crippen LogP contribution in [0.3, 0.4) is 0 Å². The van der Waals surface area contributed by atoms with Gasteiger partial charge in [-0.25, -0.2) is 0 Å². The van der Waals surface area contributed by atoms with E-state index in [1.54, 1.807) is 0 Å². The van der Waals surface area contributed by atoms with E-state index in [4.69, 9.17) is 30.1 Å².